The van der Waals surface area contributed by atoms with E-state index in [2.05, 4.69) is 17.9 Å². The van der Waals surface area contributed by atoms with Gasteiger partial charge < -0.3 is 15.2 Å². The number of carbonyl (C=O) groups excluding carboxylic acids is 1. The van der Waals surface area contributed by atoms with Crippen molar-refractivity contribution < 1.29 is 14.3 Å². The standard InChI is InChI=1S/C19H28N2O3/c1-14-4-2-3-5-17(14)23-13-11-21-9-6-15(7-10-21)18-16(19(20)22)8-12-24-18/h2-5,15-16,18H,6-13H2,1H3,(H2,20,22)/t16-,18+/m0/s1. The number of likely N-dealkylation sites (tertiary alicyclic amines) is 1. The Hall–Kier alpha value is -1.59. The highest BCUT2D eigenvalue weighted by Gasteiger charge is 2.39. The van der Waals surface area contributed by atoms with Crippen LogP contribution in [0.15, 0.2) is 24.3 Å². The molecule has 1 amide bonds. The number of ether oxygens (including phenoxy) is 2. The van der Waals surface area contributed by atoms with Crippen LogP contribution in [0.5, 0.6) is 5.75 Å². The molecule has 0 saturated carbocycles. The predicted octanol–water partition coefficient (Wildman–Crippen LogP) is 1.98. The maximum atomic E-state index is 11.5. The van der Waals surface area contributed by atoms with Crippen LogP contribution in [0.2, 0.25) is 0 Å². The van der Waals surface area contributed by atoms with Crippen molar-refractivity contribution in [1.82, 2.24) is 4.90 Å². The van der Waals surface area contributed by atoms with Gasteiger partial charge in [0.2, 0.25) is 5.91 Å². The fraction of sp³-hybridized carbons (Fsp3) is 0.632. The molecule has 1 aromatic rings. The van der Waals surface area contributed by atoms with Crippen LogP contribution in [0.25, 0.3) is 0 Å². The summed E-state index contributed by atoms with van der Waals surface area (Å²) in [5, 5.41) is 0. The van der Waals surface area contributed by atoms with Gasteiger partial charge >= 0.3 is 0 Å². The predicted molar refractivity (Wildman–Crippen MR) is 92.9 cm³/mol. The molecule has 0 bridgehead atoms. The maximum absolute atomic E-state index is 11.5. The molecule has 2 heterocycles. The lowest BCUT2D eigenvalue weighted by Crippen LogP contribution is -2.43. The minimum Gasteiger partial charge on any atom is -0.492 e. The number of hydrogen-bond donors (Lipinski definition) is 1. The third-order valence-corrected chi connectivity index (χ3v) is 5.36. The van der Waals surface area contributed by atoms with Crippen LogP contribution in [0.1, 0.15) is 24.8 Å². The van der Waals surface area contributed by atoms with Crippen LogP contribution in [-0.4, -0.2) is 49.8 Å². The van der Waals surface area contributed by atoms with E-state index in [4.69, 9.17) is 15.2 Å². The van der Waals surface area contributed by atoms with Gasteiger partial charge in [-0.2, -0.15) is 0 Å². The zero-order chi connectivity index (χ0) is 16.9. The zero-order valence-corrected chi connectivity index (χ0v) is 14.4. The quantitative estimate of drug-likeness (QED) is 0.865. The van der Waals surface area contributed by atoms with Crippen LogP contribution in [-0.2, 0) is 9.53 Å². The molecule has 0 aliphatic carbocycles. The van der Waals surface area contributed by atoms with Crippen molar-refractivity contribution >= 4 is 5.91 Å². The summed E-state index contributed by atoms with van der Waals surface area (Å²) in [6.07, 6.45) is 2.95. The molecule has 2 atom stereocenters. The van der Waals surface area contributed by atoms with Gasteiger partial charge in [-0.3, -0.25) is 9.69 Å². The molecule has 2 saturated heterocycles. The Morgan fingerprint density at radius 2 is 2.04 bits per heavy atom. The number of benzene rings is 1. The van der Waals surface area contributed by atoms with E-state index in [-0.39, 0.29) is 17.9 Å². The molecule has 1 aromatic carbocycles. The maximum Gasteiger partial charge on any atom is 0.223 e. The summed E-state index contributed by atoms with van der Waals surface area (Å²) < 4.78 is 11.7. The summed E-state index contributed by atoms with van der Waals surface area (Å²) in [6, 6.07) is 8.11. The third kappa shape index (κ3) is 4.08. The van der Waals surface area contributed by atoms with E-state index in [1.807, 2.05) is 18.2 Å². The summed E-state index contributed by atoms with van der Waals surface area (Å²) in [5.74, 6) is 1.13. The molecule has 0 radical (unpaired) electrons. The molecule has 0 spiro atoms. The van der Waals surface area contributed by atoms with E-state index < -0.39 is 0 Å². The van der Waals surface area contributed by atoms with Crippen LogP contribution >= 0.6 is 0 Å². The monoisotopic (exact) mass is 332 g/mol. The van der Waals surface area contributed by atoms with Crippen molar-refractivity contribution in [3.05, 3.63) is 29.8 Å². The molecule has 2 aliphatic heterocycles. The zero-order valence-electron chi connectivity index (χ0n) is 14.4. The molecular formula is C19H28N2O3. The topological polar surface area (TPSA) is 64.8 Å². The highest BCUT2D eigenvalue weighted by molar-refractivity contribution is 5.77. The van der Waals surface area contributed by atoms with Crippen molar-refractivity contribution in [3.8, 4) is 5.75 Å². The van der Waals surface area contributed by atoms with E-state index in [9.17, 15) is 4.79 Å². The van der Waals surface area contributed by atoms with Crippen molar-refractivity contribution in [2.24, 2.45) is 17.6 Å². The van der Waals surface area contributed by atoms with E-state index in [1.165, 1.54) is 5.56 Å². The highest BCUT2D eigenvalue weighted by Crippen LogP contribution is 2.32. The molecule has 24 heavy (non-hydrogen) atoms. The Labute approximate surface area is 144 Å². The molecule has 5 nitrogen and oxygen atoms in total. The van der Waals surface area contributed by atoms with Gasteiger partial charge in [0, 0.05) is 13.2 Å². The molecule has 0 unspecified atom stereocenters. The number of aryl methyl sites for hydroxylation is 1. The average Bonchev–Trinajstić information content (AvgIpc) is 3.07. The average molecular weight is 332 g/mol. The summed E-state index contributed by atoms with van der Waals surface area (Å²) >= 11 is 0. The second kappa shape index (κ2) is 7.99. The minimum absolute atomic E-state index is 0.0351. The van der Waals surface area contributed by atoms with Gasteiger partial charge in [0.25, 0.3) is 0 Å². The van der Waals surface area contributed by atoms with Gasteiger partial charge in [-0.25, -0.2) is 0 Å². The number of amides is 1. The fourth-order valence-corrected chi connectivity index (χ4v) is 3.89. The first-order chi connectivity index (χ1) is 11.6. The molecule has 5 heteroatoms. The van der Waals surface area contributed by atoms with Gasteiger partial charge in [-0.15, -0.1) is 0 Å². The first-order valence-electron chi connectivity index (χ1n) is 8.97. The van der Waals surface area contributed by atoms with Crippen molar-refractivity contribution in [2.45, 2.75) is 32.3 Å². The number of primary amides is 1. The Bertz CT molecular complexity index is 555. The SMILES string of the molecule is Cc1ccccc1OCCN1CCC([C@H]2OCC[C@@H]2C(N)=O)CC1. The second-order valence-corrected chi connectivity index (χ2v) is 6.93. The Kier molecular flexibility index (Phi) is 5.74. The first kappa shape index (κ1) is 17.2. The lowest BCUT2D eigenvalue weighted by molar-refractivity contribution is -0.124. The molecule has 0 aromatic heterocycles. The van der Waals surface area contributed by atoms with E-state index in [1.54, 1.807) is 0 Å². The number of carbonyl (C=O) groups is 1. The lowest BCUT2D eigenvalue weighted by Gasteiger charge is -2.35. The van der Waals surface area contributed by atoms with Gasteiger partial charge in [-0.05, 0) is 56.8 Å². The van der Waals surface area contributed by atoms with Crippen molar-refractivity contribution in [2.75, 3.05) is 32.8 Å². The van der Waals surface area contributed by atoms with E-state index >= 15 is 0 Å². The number of nitrogens with two attached hydrogens (primary N) is 1. The molecular weight excluding hydrogens is 304 g/mol. The van der Waals surface area contributed by atoms with Gasteiger partial charge in [0.05, 0.1) is 12.0 Å². The molecule has 2 fully saturated rings. The number of piperidine rings is 1. The smallest absolute Gasteiger partial charge is 0.223 e. The summed E-state index contributed by atoms with van der Waals surface area (Å²) in [4.78, 5) is 14.0. The summed E-state index contributed by atoms with van der Waals surface area (Å²) in [7, 11) is 0. The minimum atomic E-state index is -0.202. The molecule has 2 aliphatic rings. The van der Waals surface area contributed by atoms with E-state index in [0.29, 0.717) is 19.1 Å². The van der Waals surface area contributed by atoms with Gasteiger partial charge in [0.1, 0.15) is 12.4 Å². The van der Waals surface area contributed by atoms with Crippen LogP contribution in [0, 0.1) is 18.8 Å². The number of nitrogens with zero attached hydrogens (tertiary/aromatic N) is 1. The molecule has 132 valence electrons. The van der Waals surface area contributed by atoms with Crippen LogP contribution in [0.3, 0.4) is 0 Å². The Morgan fingerprint density at radius 1 is 1.29 bits per heavy atom. The first-order valence-corrected chi connectivity index (χ1v) is 8.97. The number of rotatable bonds is 6. The summed E-state index contributed by atoms with van der Waals surface area (Å²) in [5.41, 5.74) is 6.68. The number of para-hydroxylation sites is 1. The number of hydrogen-bond acceptors (Lipinski definition) is 4. The second-order valence-electron chi connectivity index (χ2n) is 6.93. The third-order valence-electron chi connectivity index (χ3n) is 5.36. The normalized spacial score (nSPS) is 25.7. The van der Waals surface area contributed by atoms with Gasteiger partial charge in [0.15, 0.2) is 0 Å². The van der Waals surface area contributed by atoms with Crippen LogP contribution < -0.4 is 10.5 Å². The fourth-order valence-electron chi connectivity index (χ4n) is 3.89. The Morgan fingerprint density at radius 3 is 2.75 bits per heavy atom. The van der Waals surface area contributed by atoms with Crippen molar-refractivity contribution in [3.63, 3.8) is 0 Å². The highest BCUT2D eigenvalue weighted by atomic mass is 16.5. The molecule has 3 rings (SSSR count). The molecule has 2 N–H and O–H groups in total. The lowest BCUT2D eigenvalue weighted by atomic mass is 9.84. The Balaban J connectivity index is 1.41. The van der Waals surface area contributed by atoms with Crippen LogP contribution in [0.4, 0.5) is 0 Å². The van der Waals surface area contributed by atoms with Crippen molar-refractivity contribution in [1.29, 1.82) is 0 Å². The summed E-state index contributed by atoms with van der Waals surface area (Å²) in [6.45, 7) is 6.45. The van der Waals surface area contributed by atoms with Gasteiger partial charge in [-0.1, -0.05) is 18.2 Å². The largest absolute Gasteiger partial charge is 0.492 e. The van der Waals surface area contributed by atoms with E-state index in [0.717, 1.165) is 44.6 Å².